The Hall–Kier alpha value is -1.88. The molecule has 0 bridgehead atoms. The second kappa shape index (κ2) is 6.16. The van der Waals surface area contributed by atoms with Gasteiger partial charge in [-0.2, -0.15) is 10.5 Å². The molecule has 2 aromatic carbocycles. The third kappa shape index (κ3) is 3.07. The zero-order valence-electron chi connectivity index (χ0n) is 9.33. The molecule has 0 amide bonds. The molecule has 86 valence electrons. The number of benzene rings is 2. The normalized spacial score (nSPS) is 9.44. The Morgan fingerprint density at radius 2 is 0.944 bits per heavy atom. The van der Waals surface area contributed by atoms with E-state index in [1.165, 1.54) is 0 Å². The molecule has 0 saturated carbocycles. The van der Waals surface area contributed by atoms with E-state index >= 15 is 0 Å². The minimum absolute atomic E-state index is 0.943. The maximum Gasteiger partial charge on any atom is 0.138 e. The van der Waals surface area contributed by atoms with E-state index in [0.29, 0.717) is 0 Å². The summed E-state index contributed by atoms with van der Waals surface area (Å²) < 4.78 is 0. The van der Waals surface area contributed by atoms with Crippen molar-refractivity contribution in [3.8, 4) is 21.9 Å². The summed E-state index contributed by atoms with van der Waals surface area (Å²) in [5.74, 6) is 0. The van der Waals surface area contributed by atoms with Gasteiger partial charge in [0.15, 0.2) is 0 Å². The Bertz CT molecular complexity index is 547. The molecule has 0 aliphatic heterocycles. The van der Waals surface area contributed by atoms with Crippen molar-refractivity contribution >= 4 is 23.5 Å². The van der Waals surface area contributed by atoms with Gasteiger partial charge in [0.25, 0.3) is 0 Å². The van der Waals surface area contributed by atoms with E-state index < -0.39 is 0 Å². The fraction of sp³-hybridized carbons (Fsp3) is 0. The van der Waals surface area contributed by atoms with Crippen molar-refractivity contribution < 1.29 is 0 Å². The van der Waals surface area contributed by atoms with E-state index in [0.717, 1.165) is 44.4 Å². The molecule has 0 N–H and O–H groups in total. The smallest absolute Gasteiger partial charge is 0.138 e. The molecule has 0 atom stereocenters. The standard InChI is InChI=1S/C14H8N2S2/c15-9-17-13-5-1-11(2-6-13)12-3-7-14(8-4-12)18-10-16/h1-8H. The lowest BCUT2D eigenvalue weighted by atomic mass is 10.1. The van der Waals surface area contributed by atoms with Gasteiger partial charge >= 0.3 is 0 Å². The van der Waals surface area contributed by atoms with Gasteiger partial charge in [-0.1, -0.05) is 24.3 Å². The highest BCUT2D eigenvalue weighted by molar-refractivity contribution is 8.04. The predicted molar refractivity (Wildman–Crippen MR) is 74.8 cm³/mol. The maximum atomic E-state index is 8.57. The van der Waals surface area contributed by atoms with Gasteiger partial charge in [-0.25, -0.2) is 0 Å². The third-order valence-electron chi connectivity index (χ3n) is 2.37. The SMILES string of the molecule is N#CSc1ccc(-c2ccc(SC#N)cc2)cc1. The number of thioether (sulfide) groups is 2. The molecule has 0 aromatic heterocycles. The molecule has 0 fully saturated rings. The highest BCUT2D eigenvalue weighted by Gasteiger charge is 1.99. The van der Waals surface area contributed by atoms with Crippen LogP contribution in [0.25, 0.3) is 11.1 Å². The van der Waals surface area contributed by atoms with Crippen molar-refractivity contribution in [2.75, 3.05) is 0 Å². The minimum atomic E-state index is 0.943. The second-order valence-corrected chi connectivity index (χ2v) is 5.15. The van der Waals surface area contributed by atoms with Crippen LogP contribution in [-0.4, -0.2) is 0 Å². The molecular weight excluding hydrogens is 260 g/mol. The maximum absolute atomic E-state index is 8.57. The monoisotopic (exact) mass is 268 g/mol. The van der Waals surface area contributed by atoms with Gasteiger partial charge in [0.2, 0.25) is 0 Å². The van der Waals surface area contributed by atoms with Crippen molar-refractivity contribution in [3.05, 3.63) is 48.5 Å². The molecular formula is C14H8N2S2. The first-order valence-electron chi connectivity index (χ1n) is 5.16. The van der Waals surface area contributed by atoms with Gasteiger partial charge < -0.3 is 0 Å². The summed E-state index contributed by atoms with van der Waals surface area (Å²) in [6.07, 6.45) is 0. The predicted octanol–water partition coefficient (Wildman–Crippen LogP) is 4.50. The molecule has 4 heteroatoms. The lowest BCUT2D eigenvalue weighted by molar-refractivity contribution is 1.43. The number of nitriles is 2. The van der Waals surface area contributed by atoms with Gasteiger partial charge in [-0.05, 0) is 58.9 Å². The van der Waals surface area contributed by atoms with Gasteiger partial charge in [0.05, 0.1) is 0 Å². The first-order chi connectivity index (χ1) is 8.83. The second-order valence-electron chi connectivity index (χ2n) is 3.44. The lowest BCUT2D eigenvalue weighted by Crippen LogP contribution is -1.78. The molecule has 0 saturated heterocycles. The molecule has 2 nitrogen and oxygen atoms in total. The lowest BCUT2D eigenvalue weighted by Gasteiger charge is -2.03. The summed E-state index contributed by atoms with van der Waals surface area (Å²) in [5.41, 5.74) is 2.21. The highest BCUT2D eigenvalue weighted by atomic mass is 32.2. The number of nitrogens with zero attached hydrogens (tertiary/aromatic N) is 2. The van der Waals surface area contributed by atoms with Crippen LogP contribution in [0.4, 0.5) is 0 Å². The summed E-state index contributed by atoms with van der Waals surface area (Å²) >= 11 is 2.31. The van der Waals surface area contributed by atoms with Crippen LogP contribution < -0.4 is 0 Å². The van der Waals surface area contributed by atoms with E-state index in [9.17, 15) is 0 Å². The highest BCUT2D eigenvalue weighted by Crippen LogP contribution is 2.26. The van der Waals surface area contributed by atoms with Gasteiger partial charge in [-0.3, -0.25) is 0 Å². The fourth-order valence-electron chi connectivity index (χ4n) is 1.54. The van der Waals surface area contributed by atoms with Crippen molar-refractivity contribution in [2.45, 2.75) is 9.79 Å². The molecule has 0 heterocycles. The van der Waals surface area contributed by atoms with Crippen molar-refractivity contribution in [2.24, 2.45) is 0 Å². The Labute approximate surface area is 114 Å². The number of rotatable bonds is 3. The minimum Gasteiger partial charge on any atom is -0.185 e. The van der Waals surface area contributed by atoms with Crippen LogP contribution in [0.1, 0.15) is 0 Å². The van der Waals surface area contributed by atoms with E-state index in [4.69, 9.17) is 10.5 Å². The Morgan fingerprint density at radius 1 is 0.611 bits per heavy atom. The first-order valence-corrected chi connectivity index (χ1v) is 6.79. The van der Waals surface area contributed by atoms with Gasteiger partial charge in [-0.15, -0.1) is 0 Å². The van der Waals surface area contributed by atoms with Crippen LogP contribution in [0.2, 0.25) is 0 Å². The summed E-state index contributed by atoms with van der Waals surface area (Å²) in [6, 6.07) is 15.7. The number of hydrogen-bond donors (Lipinski definition) is 0. The van der Waals surface area contributed by atoms with E-state index in [2.05, 4.69) is 0 Å². The molecule has 2 rings (SSSR count). The number of hydrogen-bond acceptors (Lipinski definition) is 4. The zero-order chi connectivity index (χ0) is 12.8. The largest absolute Gasteiger partial charge is 0.185 e. The molecule has 18 heavy (non-hydrogen) atoms. The van der Waals surface area contributed by atoms with Crippen LogP contribution in [-0.2, 0) is 0 Å². The summed E-state index contributed by atoms with van der Waals surface area (Å²) in [6.45, 7) is 0. The average Bonchev–Trinajstić information content (AvgIpc) is 2.41. The molecule has 0 spiro atoms. The van der Waals surface area contributed by atoms with E-state index in [1.807, 2.05) is 59.3 Å². The van der Waals surface area contributed by atoms with Crippen molar-refractivity contribution in [1.29, 1.82) is 10.5 Å². The van der Waals surface area contributed by atoms with E-state index in [1.54, 1.807) is 0 Å². The Kier molecular flexibility index (Phi) is 4.30. The van der Waals surface area contributed by atoms with Crippen LogP contribution in [0.15, 0.2) is 58.3 Å². The molecule has 0 aliphatic rings. The molecule has 0 unspecified atom stereocenters. The fourth-order valence-corrected chi connectivity index (χ4v) is 2.29. The molecule has 0 aliphatic carbocycles. The van der Waals surface area contributed by atoms with E-state index in [-0.39, 0.29) is 0 Å². The zero-order valence-corrected chi connectivity index (χ0v) is 11.0. The van der Waals surface area contributed by atoms with Gasteiger partial charge in [0, 0.05) is 9.79 Å². The van der Waals surface area contributed by atoms with Crippen LogP contribution in [0.5, 0.6) is 0 Å². The number of thiocyanates is 2. The molecule has 0 radical (unpaired) electrons. The van der Waals surface area contributed by atoms with Crippen molar-refractivity contribution in [3.63, 3.8) is 0 Å². The molecule has 2 aromatic rings. The third-order valence-corrected chi connectivity index (χ3v) is 3.57. The summed E-state index contributed by atoms with van der Waals surface area (Å²) in [4.78, 5) is 1.89. The van der Waals surface area contributed by atoms with Crippen molar-refractivity contribution in [1.82, 2.24) is 0 Å². The van der Waals surface area contributed by atoms with Crippen LogP contribution >= 0.6 is 23.5 Å². The average molecular weight is 268 g/mol. The van der Waals surface area contributed by atoms with Crippen LogP contribution in [0, 0.1) is 21.3 Å². The summed E-state index contributed by atoms with van der Waals surface area (Å²) in [5, 5.41) is 21.2. The van der Waals surface area contributed by atoms with Gasteiger partial charge in [0.1, 0.15) is 10.8 Å². The summed E-state index contributed by atoms with van der Waals surface area (Å²) in [7, 11) is 0. The first kappa shape index (κ1) is 12.6. The van der Waals surface area contributed by atoms with Crippen LogP contribution in [0.3, 0.4) is 0 Å². The Morgan fingerprint density at radius 3 is 1.22 bits per heavy atom. The topological polar surface area (TPSA) is 47.6 Å². The Balaban J connectivity index is 2.21. The quantitative estimate of drug-likeness (QED) is 0.607.